The van der Waals surface area contributed by atoms with E-state index in [1.807, 2.05) is 0 Å². The molecule has 0 aromatic heterocycles. The number of nitrogens with zero attached hydrogens (tertiary/aromatic N) is 1. The summed E-state index contributed by atoms with van der Waals surface area (Å²) in [6.07, 6.45) is 0. The Bertz CT molecular complexity index is 421. The van der Waals surface area contributed by atoms with Gasteiger partial charge in [0, 0.05) is 7.05 Å². The predicted molar refractivity (Wildman–Crippen MR) is 62.3 cm³/mol. The van der Waals surface area contributed by atoms with Crippen LogP contribution in [0, 0.1) is 5.82 Å². The Hall–Kier alpha value is -1.75. The van der Waals surface area contributed by atoms with E-state index in [0.29, 0.717) is 0 Å². The summed E-state index contributed by atoms with van der Waals surface area (Å²) >= 11 is 0. The maximum Gasteiger partial charge on any atom is 0.233 e. The first-order valence-electron chi connectivity index (χ1n) is 5.21. The summed E-state index contributed by atoms with van der Waals surface area (Å²) in [5.74, 6) is -1.06. The molecule has 1 aromatic carbocycles. The molecule has 4 nitrogen and oxygen atoms in total. The zero-order valence-corrected chi connectivity index (χ0v) is 9.87. The third kappa shape index (κ3) is 3.96. The van der Waals surface area contributed by atoms with Gasteiger partial charge in [-0.25, -0.2) is 4.39 Å². The summed E-state index contributed by atoms with van der Waals surface area (Å²) in [5.41, 5.74) is 0.0521. The molecule has 92 valence electrons. The van der Waals surface area contributed by atoms with Crippen LogP contribution in [0.4, 0.5) is 4.39 Å². The monoisotopic (exact) mass is 238 g/mol. The van der Waals surface area contributed by atoms with Gasteiger partial charge in [0.2, 0.25) is 5.91 Å². The molecule has 0 fully saturated rings. The lowest BCUT2D eigenvalue weighted by Crippen LogP contribution is -2.36. The van der Waals surface area contributed by atoms with Gasteiger partial charge in [-0.3, -0.25) is 14.5 Å². The smallest absolute Gasteiger partial charge is 0.233 e. The fourth-order valence-electron chi connectivity index (χ4n) is 1.40. The second-order valence-corrected chi connectivity index (χ2v) is 3.75. The van der Waals surface area contributed by atoms with E-state index in [-0.39, 0.29) is 30.3 Å². The van der Waals surface area contributed by atoms with E-state index >= 15 is 0 Å². The van der Waals surface area contributed by atoms with Crippen LogP contribution in [0.5, 0.6) is 0 Å². The number of Topliss-reactive ketones (excluding diaryl/α,β-unsaturated/α-hetero) is 1. The minimum Gasteiger partial charge on any atom is -0.358 e. The third-order valence-corrected chi connectivity index (χ3v) is 2.28. The van der Waals surface area contributed by atoms with Gasteiger partial charge in [0.05, 0.1) is 18.7 Å². The molecule has 0 spiro atoms. The van der Waals surface area contributed by atoms with E-state index in [9.17, 15) is 14.0 Å². The molecule has 0 saturated heterocycles. The van der Waals surface area contributed by atoms with Crippen LogP contribution in [-0.2, 0) is 4.79 Å². The fraction of sp³-hybridized carbons (Fsp3) is 0.333. The van der Waals surface area contributed by atoms with E-state index in [2.05, 4.69) is 5.32 Å². The van der Waals surface area contributed by atoms with Crippen LogP contribution < -0.4 is 5.32 Å². The number of carbonyl (C=O) groups excluding carboxylic acids is 2. The molecule has 0 radical (unpaired) electrons. The Morgan fingerprint density at radius 1 is 1.29 bits per heavy atom. The summed E-state index contributed by atoms with van der Waals surface area (Å²) < 4.78 is 13.3. The van der Waals surface area contributed by atoms with Crippen molar-refractivity contribution in [3.8, 4) is 0 Å². The van der Waals surface area contributed by atoms with E-state index in [1.165, 1.54) is 30.1 Å². The summed E-state index contributed by atoms with van der Waals surface area (Å²) in [6, 6.07) is 5.81. The second-order valence-electron chi connectivity index (χ2n) is 3.75. The first-order valence-corrected chi connectivity index (χ1v) is 5.21. The molecule has 1 N–H and O–H groups in total. The van der Waals surface area contributed by atoms with Crippen molar-refractivity contribution in [2.24, 2.45) is 0 Å². The van der Waals surface area contributed by atoms with Crippen molar-refractivity contribution in [2.45, 2.75) is 0 Å². The third-order valence-electron chi connectivity index (χ3n) is 2.28. The number of rotatable bonds is 5. The summed E-state index contributed by atoms with van der Waals surface area (Å²) in [6.45, 7) is 0.116. The summed E-state index contributed by atoms with van der Waals surface area (Å²) in [7, 11) is 3.16. The lowest BCUT2D eigenvalue weighted by atomic mass is 10.1. The molecule has 0 atom stereocenters. The van der Waals surface area contributed by atoms with Gasteiger partial charge in [0.25, 0.3) is 0 Å². The fourth-order valence-corrected chi connectivity index (χ4v) is 1.40. The van der Waals surface area contributed by atoms with E-state index in [0.717, 1.165) is 0 Å². The number of hydrogen-bond acceptors (Lipinski definition) is 3. The molecule has 1 rings (SSSR count). The van der Waals surface area contributed by atoms with Gasteiger partial charge in [-0.1, -0.05) is 12.1 Å². The van der Waals surface area contributed by atoms with Crippen molar-refractivity contribution in [1.82, 2.24) is 10.2 Å². The van der Waals surface area contributed by atoms with Crippen LogP contribution in [0.3, 0.4) is 0 Å². The van der Waals surface area contributed by atoms with Crippen LogP contribution in [0.25, 0.3) is 0 Å². The molecular formula is C12H15FN2O2. The van der Waals surface area contributed by atoms with Crippen LogP contribution in [-0.4, -0.2) is 43.8 Å². The number of benzene rings is 1. The number of hydrogen-bond donors (Lipinski definition) is 1. The molecule has 17 heavy (non-hydrogen) atoms. The molecule has 0 bridgehead atoms. The Balaban J connectivity index is 2.61. The zero-order chi connectivity index (χ0) is 12.8. The van der Waals surface area contributed by atoms with Crippen LogP contribution in [0.2, 0.25) is 0 Å². The van der Waals surface area contributed by atoms with Gasteiger partial charge >= 0.3 is 0 Å². The largest absolute Gasteiger partial charge is 0.358 e. The quantitative estimate of drug-likeness (QED) is 0.768. The minimum absolute atomic E-state index is 0.00829. The Morgan fingerprint density at radius 2 is 1.94 bits per heavy atom. The first kappa shape index (κ1) is 13.3. The van der Waals surface area contributed by atoms with E-state index < -0.39 is 5.82 Å². The summed E-state index contributed by atoms with van der Waals surface area (Å²) in [5, 5.41) is 2.45. The van der Waals surface area contributed by atoms with E-state index in [4.69, 9.17) is 0 Å². The molecule has 0 unspecified atom stereocenters. The second kappa shape index (κ2) is 6.10. The molecule has 0 aliphatic heterocycles. The number of carbonyl (C=O) groups is 2. The number of halogens is 1. The normalized spacial score (nSPS) is 10.4. The molecule has 0 saturated carbocycles. The SMILES string of the molecule is CNC(=O)CN(C)CC(=O)c1ccccc1F. The maximum absolute atomic E-state index is 13.3. The molecule has 1 aromatic rings. The highest BCUT2D eigenvalue weighted by Gasteiger charge is 2.14. The van der Waals surface area contributed by atoms with E-state index in [1.54, 1.807) is 13.1 Å². The topological polar surface area (TPSA) is 49.4 Å². The lowest BCUT2D eigenvalue weighted by Gasteiger charge is -2.14. The van der Waals surface area contributed by atoms with Crippen molar-refractivity contribution in [3.05, 3.63) is 35.6 Å². The Morgan fingerprint density at radius 3 is 2.53 bits per heavy atom. The van der Waals surface area contributed by atoms with Gasteiger partial charge < -0.3 is 5.32 Å². The number of amides is 1. The van der Waals surface area contributed by atoms with Crippen LogP contribution in [0.15, 0.2) is 24.3 Å². The molecule has 0 aliphatic rings. The van der Waals surface area contributed by atoms with Crippen molar-refractivity contribution < 1.29 is 14.0 Å². The first-order chi connectivity index (χ1) is 8.04. The van der Waals surface area contributed by atoms with Crippen molar-refractivity contribution >= 4 is 11.7 Å². The van der Waals surface area contributed by atoms with Crippen LogP contribution >= 0.6 is 0 Å². The van der Waals surface area contributed by atoms with Gasteiger partial charge in [0.1, 0.15) is 5.82 Å². The summed E-state index contributed by atoms with van der Waals surface area (Å²) in [4.78, 5) is 24.3. The van der Waals surface area contributed by atoms with Gasteiger partial charge in [-0.2, -0.15) is 0 Å². The lowest BCUT2D eigenvalue weighted by molar-refractivity contribution is -0.121. The number of ketones is 1. The van der Waals surface area contributed by atoms with Crippen LogP contribution in [0.1, 0.15) is 10.4 Å². The zero-order valence-electron chi connectivity index (χ0n) is 9.87. The van der Waals surface area contributed by atoms with Crippen molar-refractivity contribution in [3.63, 3.8) is 0 Å². The molecule has 0 heterocycles. The molecule has 0 aliphatic carbocycles. The van der Waals surface area contributed by atoms with Crippen molar-refractivity contribution in [1.29, 1.82) is 0 Å². The highest BCUT2D eigenvalue weighted by atomic mass is 19.1. The minimum atomic E-state index is -0.536. The standard InChI is InChI=1S/C12H15FN2O2/c1-14-12(17)8-15(2)7-11(16)9-5-3-4-6-10(9)13/h3-6H,7-8H2,1-2H3,(H,14,17). The maximum atomic E-state index is 13.3. The van der Waals surface area contributed by atoms with Gasteiger partial charge in [0.15, 0.2) is 5.78 Å². The van der Waals surface area contributed by atoms with Gasteiger partial charge in [-0.05, 0) is 19.2 Å². The average molecular weight is 238 g/mol. The highest BCUT2D eigenvalue weighted by Crippen LogP contribution is 2.07. The average Bonchev–Trinajstić information content (AvgIpc) is 2.29. The van der Waals surface area contributed by atoms with Gasteiger partial charge in [-0.15, -0.1) is 0 Å². The Labute approximate surface area is 99.4 Å². The molecule has 5 heteroatoms. The van der Waals surface area contributed by atoms with Crippen molar-refractivity contribution in [2.75, 3.05) is 27.2 Å². The number of nitrogens with one attached hydrogen (secondary N) is 1. The predicted octanol–water partition coefficient (Wildman–Crippen LogP) is 0.686. The molecule has 1 amide bonds. The number of likely N-dealkylation sites (N-methyl/N-ethyl adjacent to an activating group) is 2. The molecular weight excluding hydrogens is 223 g/mol. The Kier molecular flexibility index (Phi) is 4.78. The highest BCUT2D eigenvalue weighted by molar-refractivity contribution is 5.98.